The molecular weight excluding hydrogens is 267 g/mol. The smallest absolute Gasteiger partial charge is 0.258 e. The van der Waals surface area contributed by atoms with Crippen molar-refractivity contribution in [1.29, 1.82) is 0 Å². The molecule has 0 bridgehead atoms. The average molecular weight is 279 g/mol. The van der Waals surface area contributed by atoms with E-state index in [-0.39, 0.29) is 10.9 Å². The monoisotopic (exact) mass is 278 g/mol. The van der Waals surface area contributed by atoms with Gasteiger partial charge in [0.1, 0.15) is 5.82 Å². The predicted octanol–water partition coefficient (Wildman–Crippen LogP) is 3.34. The Morgan fingerprint density at radius 3 is 2.58 bits per heavy atom. The van der Waals surface area contributed by atoms with Crippen molar-refractivity contribution in [2.75, 3.05) is 17.7 Å². The van der Waals surface area contributed by atoms with Crippen LogP contribution < -0.4 is 10.6 Å². The maximum Gasteiger partial charge on any atom is 0.258 e. The molecule has 5 heteroatoms. The standard InChI is InChI=1S/C14H12ClFN2O/c1-18(13-5-3-2-4-12(13)17)14(19)9-6-7-11(16)10(15)8-9/h2-8H,17H2,1H3. The Kier molecular flexibility index (Phi) is 3.71. The number of nitrogens with zero attached hydrogens (tertiary/aromatic N) is 1. The zero-order valence-electron chi connectivity index (χ0n) is 10.2. The maximum absolute atomic E-state index is 13.1. The van der Waals surface area contributed by atoms with Gasteiger partial charge >= 0.3 is 0 Å². The number of halogens is 2. The molecule has 0 aliphatic rings. The molecule has 98 valence electrons. The van der Waals surface area contributed by atoms with Gasteiger partial charge in [0.2, 0.25) is 0 Å². The van der Waals surface area contributed by atoms with Gasteiger partial charge in [-0.1, -0.05) is 23.7 Å². The van der Waals surface area contributed by atoms with Gasteiger partial charge in [0, 0.05) is 12.6 Å². The highest BCUT2D eigenvalue weighted by molar-refractivity contribution is 6.31. The Morgan fingerprint density at radius 1 is 1.26 bits per heavy atom. The van der Waals surface area contributed by atoms with Crippen molar-refractivity contribution in [2.24, 2.45) is 0 Å². The molecule has 0 fully saturated rings. The van der Waals surface area contributed by atoms with E-state index in [9.17, 15) is 9.18 Å². The first-order valence-electron chi connectivity index (χ1n) is 5.58. The molecule has 1 amide bonds. The minimum absolute atomic E-state index is 0.0831. The van der Waals surface area contributed by atoms with Crippen molar-refractivity contribution in [3.8, 4) is 0 Å². The summed E-state index contributed by atoms with van der Waals surface area (Å²) < 4.78 is 13.1. The van der Waals surface area contributed by atoms with Crippen LogP contribution in [0.1, 0.15) is 10.4 Å². The summed E-state index contributed by atoms with van der Waals surface area (Å²) in [5.41, 5.74) is 7.20. The summed E-state index contributed by atoms with van der Waals surface area (Å²) in [5, 5.41) is -0.0831. The van der Waals surface area contributed by atoms with Crippen LogP contribution in [0.15, 0.2) is 42.5 Å². The normalized spacial score (nSPS) is 10.3. The van der Waals surface area contributed by atoms with Crippen LogP contribution in [-0.2, 0) is 0 Å². The van der Waals surface area contributed by atoms with Crippen molar-refractivity contribution >= 4 is 28.9 Å². The fourth-order valence-electron chi connectivity index (χ4n) is 1.73. The number of anilines is 2. The molecule has 0 radical (unpaired) electrons. The Balaban J connectivity index is 2.34. The van der Waals surface area contributed by atoms with Crippen LogP contribution in [0.4, 0.5) is 15.8 Å². The van der Waals surface area contributed by atoms with E-state index in [1.165, 1.54) is 17.0 Å². The van der Waals surface area contributed by atoms with Crippen molar-refractivity contribution in [2.45, 2.75) is 0 Å². The number of amides is 1. The van der Waals surface area contributed by atoms with Gasteiger partial charge in [0.25, 0.3) is 5.91 Å². The molecule has 0 aliphatic carbocycles. The number of hydrogen-bond donors (Lipinski definition) is 1. The minimum Gasteiger partial charge on any atom is -0.397 e. The van der Waals surface area contributed by atoms with E-state index in [4.69, 9.17) is 17.3 Å². The minimum atomic E-state index is -0.555. The summed E-state index contributed by atoms with van der Waals surface area (Å²) in [6.45, 7) is 0. The number of carbonyl (C=O) groups is 1. The van der Waals surface area contributed by atoms with Crippen LogP contribution >= 0.6 is 11.6 Å². The van der Waals surface area contributed by atoms with Gasteiger partial charge in [0.15, 0.2) is 0 Å². The molecule has 0 saturated heterocycles. The number of para-hydroxylation sites is 2. The second-order valence-corrected chi connectivity index (χ2v) is 4.46. The molecule has 19 heavy (non-hydrogen) atoms. The highest BCUT2D eigenvalue weighted by atomic mass is 35.5. The van der Waals surface area contributed by atoms with E-state index >= 15 is 0 Å². The lowest BCUT2D eigenvalue weighted by atomic mass is 10.1. The lowest BCUT2D eigenvalue weighted by Crippen LogP contribution is -2.27. The Morgan fingerprint density at radius 2 is 1.95 bits per heavy atom. The number of rotatable bonds is 2. The second kappa shape index (κ2) is 5.28. The summed E-state index contributed by atoms with van der Waals surface area (Å²) in [4.78, 5) is 13.7. The SMILES string of the molecule is CN(C(=O)c1ccc(F)c(Cl)c1)c1ccccc1N. The number of carbonyl (C=O) groups excluding carboxylic acids is 1. The third-order valence-corrected chi connectivity index (χ3v) is 3.06. The van der Waals surface area contributed by atoms with Crippen molar-refractivity contribution < 1.29 is 9.18 Å². The highest BCUT2D eigenvalue weighted by Gasteiger charge is 2.16. The number of nitrogen functional groups attached to an aromatic ring is 1. The first-order valence-corrected chi connectivity index (χ1v) is 5.96. The van der Waals surface area contributed by atoms with Gasteiger partial charge in [-0.25, -0.2) is 4.39 Å². The predicted molar refractivity (Wildman–Crippen MR) is 75.0 cm³/mol. The molecule has 2 aromatic carbocycles. The summed E-state index contributed by atoms with van der Waals surface area (Å²) in [5.74, 6) is -0.861. The molecule has 3 nitrogen and oxygen atoms in total. The van der Waals surface area contributed by atoms with Crippen LogP contribution in [-0.4, -0.2) is 13.0 Å². The topological polar surface area (TPSA) is 46.3 Å². The molecule has 2 N–H and O–H groups in total. The largest absolute Gasteiger partial charge is 0.397 e. The second-order valence-electron chi connectivity index (χ2n) is 4.05. The first-order chi connectivity index (χ1) is 9.00. The third-order valence-electron chi connectivity index (χ3n) is 2.77. The van der Waals surface area contributed by atoms with Crippen molar-refractivity contribution in [3.05, 3.63) is 58.9 Å². The highest BCUT2D eigenvalue weighted by Crippen LogP contribution is 2.24. The molecular formula is C14H12ClFN2O. The van der Waals surface area contributed by atoms with E-state index < -0.39 is 5.82 Å². The Bertz CT molecular complexity index is 631. The van der Waals surface area contributed by atoms with E-state index in [0.717, 1.165) is 6.07 Å². The van der Waals surface area contributed by atoms with Crippen LogP contribution in [0, 0.1) is 5.82 Å². The quantitative estimate of drug-likeness (QED) is 0.857. The number of benzene rings is 2. The fourth-order valence-corrected chi connectivity index (χ4v) is 1.91. The zero-order chi connectivity index (χ0) is 14.0. The van der Waals surface area contributed by atoms with Crippen molar-refractivity contribution in [3.63, 3.8) is 0 Å². The van der Waals surface area contributed by atoms with Crippen LogP contribution in [0.2, 0.25) is 5.02 Å². The van der Waals surface area contributed by atoms with Crippen LogP contribution in [0.25, 0.3) is 0 Å². The number of hydrogen-bond acceptors (Lipinski definition) is 2. The summed E-state index contributed by atoms with van der Waals surface area (Å²) in [6, 6.07) is 10.9. The molecule has 2 aromatic rings. The molecule has 0 spiro atoms. The van der Waals surface area contributed by atoms with E-state index in [1.807, 2.05) is 0 Å². The van der Waals surface area contributed by atoms with Gasteiger partial charge in [-0.3, -0.25) is 4.79 Å². The Hall–Kier alpha value is -2.07. The lowest BCUT2D eigenvalue weighted by Gasteiger charge is -2.19. The molecule has 2 rings (SSSR count). The maximum atomic E-state index is 13.1. The van der Waals surface area contributed by atoms with E-state index in [2.05, 4.69) is 0 Å². The van der Waals surface area contributed by atoms with Crippen molar-refractivity contribution in [1.82, 2.24) is 0 Å². The zero-order valence-corrected chi connectivity index (χ0v) is 11.0. The van der Waals surface area contributed by atoms with Crippen LogP contribution in [0.5, 0.6) is 0 Å². The Labute approximate surface area is 115 Å². The molecule has 0 heterocycles. The van der Waals surface area contributed by atoms with Gasteiger partial charge in [-0.15, -0.1) is 0 Å². The molecule has 0 unspecified atom stereocenters. The molecule has 0 aliphatic heterocycles. The van der Waals surface area contributed by atoms with E-state index in [1.54, 1.807) is 31.3 Å². The lowest BCUT2D eigenvalue weighted by molar-refractivity contribution is 0.0993. The van der Waals surface area contributed by atoms with Gasteiger partial charge in [0.05, 0.1) is 16.4 Å². The van der Waals surface area contributed by atoms with Crippen LogP contribution in [0.3, 0.4) is 0 Å². The van der Waals surface area contributed by atoms with E-state index in [0.29, 0.717) is 16.9 Å². The molecule has 0 atom stereocenters. The van der Waals surface area contributed by atoms with Gasteiger partial charge in [-0.2, -0.15) is 0 Å². The molecule has 0 saturated carbocycles. The summed E-state index contributed by atoms with van der Waals surface area (Å²) in [6.07, 6.45) is 0. The summed E-state index contributed by atoms with van der Waals surface area (Å²) >= 11 is 5.67. The number of nitrogens with two attached hydrogens (primary N) is 1. The van der Waals surface area contributed by atoms with Gasteiger partial charge in [-0.05, 0) is 30.3 Å². The fraction of sp³-hybridized carbons (Fsp3) is 0.0714. The summed E-state index contributed by atoms with van der Waals surface area (Å²) in [7, 11) is 1.60. The average Bonchev–Trinajstić information content (AvgIpc) is 2.41. The molecule has 0 aromatic heterocycles. The van der Waals surface area contributed by atoms with Gasteiger partial charge < -0.3 is 10.6 Å². The first kappa shape index (κ1) is 13.4. The third kappa shape index (κ3) is 2.69.